The fourth-order valence-corrected chi connectivity index (χ4v) is 1.73. The van der Waals surface area contributed by atoms with E-state index in [-0.39, 0.29) is 11.9 Å². The van der Waals surface area contributed by atoms with E-state index >= 15 is 0 Å². The minimum absolute atomic E-state index is 0.213. The molecule has 1 aromatic heterocycles. The van der Waals surface area contributed by atoms with Gasteiger partial charge in [-0.3, -0.25) is 4.79 Å². The molecule has 1 aromatic carbocycles. The first-order valence-corrected chi connectivity index (χ1v) is 6.52. The van der Waals surface area contributed by atoms with Crippen molar-refractivity contribution in [2.45, 2.75) is 26.8 Å². The number of hydrogen-bond donors (Lipinski definition) is 2. The summed E-state index contributed by atoms with van der Waals surface area (Å²) < 4.78 is 0. The summed E-state index contributed by atoms with van der Waals surface area (Å²) in [6, 6.07) is 9.44. The Bertz CT molecular complexity index is 610. The predicted molar refractivity (Wildman–Crippen MR) is 79.9 cm³/mol. The summed E-state index contributed by atoms with van der Waals surface area (Å²) in [5, 5.41) is 5.89. The van der Waals surface area contributed by atoms with Gasteiger partial charge in [0, 0.05) is 17.9 Å². The van der Waals surface area contributed by atoms with E-state index in [0.717, 1.165) is 11.3 Å². The molecule has 2 aromatic rings. The number of amides is 1. The molecule has 0 spiro atoms. The number of benzene rings is 1. The Labute approximate surface area is 118 Å². The second-order valence-electron chi connectivity index (χ2n) is 4.89. The monoisotopic (exact) mass is 270 g/mol. The summed E-state index contributed by atoms with van der Waals surface area (Å²) in [6.07, 6.45) is 1.57. The summed E-state index contributed by atoms with van der Waals surface area (Å²) in [7, 11) is 0. The average Bonchev–Trinajstić information content (AvgIpc) is 2.38. The first-order valence-electron chi connectivity index (χ1n) is 6.52. The van der Waals surface area contributed by atoms with Crippen molar-refractivity contribution in [2.75, 3.05) is 10.6 Å². The fraction of sp³-hybridized carbons (Fsp3) is 0.267. The molecule has 0 aliphatic rings. The largest absolute Gasteiger partial charge is 0.352 e. The van der Waals surface area contributed by atoms with Crippen LogP contribution in [0, 0.1) is 6.92 Å². The molecule has 5 nitrogen and oxygen atoms in total. The quantitative estimate of drug-likeness (QED) is 0.896. The molecule has 0 atom stereocenters. The zero-order valence-electron chi connectivity index (χ0n) is 11.8. The van der Waals surface area contributed by atoms with E-state index in [1.807, 2.05) is 45.0 Å². The topological polar surface area (TPSA) is 66.9 Å². The Hall–Kier alpha value is -2.43. The van der Waals surface area contributed by atoms with Crippen molar-refractivity contribution in [3.05, 3.63) is 47.8 Å². The van der Waals surface area contributed by atoms with Crippen LogP contribution in [0.4, 0.5) is 11.6 Å². The lowest BCUT2D eigenvalue weighted by Gasteiger charge is -2.09. The van der Waals surface area contributed by atoms with Crippen molar-refractivity contribution >= 4 is 17.5 Å². The average molecular weight is 270 g/mol. The number of carbonyl (C=O) groups excluding carboxylic acids is 1. The van der Waals surface area contributed by atoms with E-state index in [4.69, 9.17) is 0 Å². The molecule has 0 fully saturated rings. The van der Waals surface area contributed by atoms with Crippen LogP contribution in [0.1, 0.15) is 29.9 Å². The van der Waals surface area contributed by atoms with Crippen LogP contribution in [0.2, 0.25) is 0 Å². The van der Waals surface area contributed by atoms with Crippen LogP contribution in [-0.4, -0.2) is 21.9 Å². The van der Waals surface area contributed by atoms with Crippen LogP contribution in [0.3, 0.4) is 0 Å². The van der Waals surface area contributed by atoms with E-state index in [1.165, 1.54) is 0 Å². The lowest BCUT2D eigenvalue weighted by molar-refractivity contribution is 0.102. The smallest absolute Gasteiger partial charge is 0.274 e. The number of nitrogens with zero attached hydrogens (tertiary/aromatic N) is 2. The van der Waals surface area contributed by atoms with Gasteiger partial charge in [-0.05, 0) is 44.5 Å². The van der Waals surface area contributed by atoms with Crippen molar-refractivity contribution in [3.8, 4) is 0 Å². The van der Waals surface area contributed by atoms with Gasteiger partial charge in [-0.1, -0.05) is 12.1 Å². The van der Waals surface area contributed by atoms with Gasteiger partial charge in [0.25, 0.3) is 5.91 Å². The maximum Gasteiger partial charge on any atom is 0.274 e. The molecule has 20 heavy (non-hydrogen) atoms. The Balaban J connectivity index is 2.13. The van der Waals surface area contributed by atoms with Gasteiger partial charge in [-0.15, -0.1) is 0 Å². The number of nitrogens with one attached hydrogen (secondary N) is 2. The number of anilines is 2. The second kappa shape index (κ2) is 6.14. The standard InChI is InChI=1S/C15H18N4O/c1-10(2)17-15-16-8-7-13(19-15)14(20)18-12-6-4-5-11(3)9-12/h4-10H,1-3H3,(H,18,20)(H,16,17,19). The number of carbonyl (C=O) groups is 1. The summed E-state index contributed by atoms with van der Waals surface area (Å²) in [6.45, 7) is 5.96. The fourth-order valence-electron chi connectivity index (χ4n) is 1.73. The number of rotatable bonds is 4. The molecule has 0 radical (unpaired) electrons. The highest BCUT2D eigenvalue weighted by atomic mass is 16.1. The third kappa shape index (κ3) is 3.78. The van der Waals surface area contributed by atoms with Crippen molar-refractivity contribution in [1.29, 1.82) is 0 Å². The van der Waals surface area contributed by atoms with Crippen LogP contribution >= 0.6 is 0 Å². The molecule has 0 saturated heterocycles. The summed E-state index contributed by atoms with van der Waals surface area (Å²) >= 11 is 0. The zero-order chi connectivity index (χ0) is 14.5. The number of aryl methyl sites for hydroxylation is 1. The molecule has 1 amide bonds. The molecule has 104 valence electrons. The van der Waals surface area contributed by atoms with Gasteiger partial charge in [0.15, 0.2) is 0 Å². The van der Waals surface area contributed by atoms with E-state index in [1.54, 1.807) is 12.3 Å². The summed E-state index contributed by atoms with van der Waals surface area (Å²) in [5.41, 5.74) is 2.18. The zero-order valence-corrected chi connectivity index (χ0v) is 11.8. The van der Waals surface area contributed by atoms with Crippen molar-refractivity contribution in [1.82, 2.24) is 9.97 Å². The van der Waals surface area contributed by atoms with Gasteiger partial charge in [-0.25, -0.2) is 9.97 Å². The Kier molecular flexibility index (Phi) is 4.30. The lowest BCUT2D eigenvalue weighted by atomic mass is 10.2. The molecular weight excluding hydrogens is 252 g/mol. The van der Waals surface area contributed by atoms with Gasteiger partial charge in [0.05, 0.1) is 0 Å². The van der Waals surface area contributed by atoms with E-state index in [2.05, 4.69) is 20.6 Å². The van der Waals surface area contributed by atoms with Gasteiger partial charge in [0.1, 0.15) is 5.69 Å². The highest BCUT2D eigenvalue weighted by molar-refractivity contribution is 6.02. The molecular formula is C15H18N4O. The van der Waals surface area contributed by atoms with Crippen molar-refractivity contribution in [2.24, 2.45) is 0 Å². The first-order chi connectivity index (χ1) is 9.54. The minimum atomic E-state index is -0.246. The van der Waals surface area contributed by atoms with Gasteiger partial charge in [-0.2, -0.15) is 0 Å². The highest BCUT2D eigenvalue weighted by Gasteiger charge is 2.09. The molecule has 0 aliphatic carbocycles. The number of aromatic nitrogens is 2. The Morgan fingerprint density at radius 1 is 1.25 bits per heavy atom. The predicted octanol–water partition coefficient (Wildman–Crippen LogP) is 2.86. The lowest BCUT2D eigenvalue weighted by Crippen LogP contribution is -2.17. The molecule has 0 unspecified atom stereocenters. The molecule has 2 N–H and O–H groups in total. The Morgan fingerprint density at radius 2 is 2.05 bits per heavy atom. The maximum absolute atomic E-state index is 12.1. The molecule has 0 aliphatic heterocycles. The third-order valence-electron chi connectivity index (χ3n) is 2.58. The summed E-state index contributed by atoms with van der Waals surface area (Å²) in [5.74, 6) is 0.210. The van der Waals surface area contributed by atoms with Gasteiger partial charge >= 0.3 is 0 Å². The van der Waals surface area contributed by atoms with Gasteiger partial charge in [0.2, 0.25) is 5.95 Å². The molecule has 0 bridgehead atoms. The first kappa shape index (κ1) is 14.0. The maximum atomic E-state index is 12.1. The van der Waals surface area contributed by atoms with Crippen molar-refractivity contribution in [3.63, 3.8) is 0 Å². The van der Waals surface area contributed by atoms with E-state index < -0.39 is 0 Å². The van der Waals surface area contributed by atoms with Crippen LogP contribution in [-0.2, 0) is 0 Å². The van der Waals surface area contributed by atoms with Crippen LogP contribution < -0.4 is 10.6 Å². The summed E-state index contributed by atoms with van der Waals surface area (Å²) in [4.78, 5) is 20.4. The number of hydrogen-bond acceptors (Lipinski definition) is 4. The SMILES string of the molecule is Cc1cccc(NC(=O)c2ccnc(NC(C)C)n2)c1. The van der Waals surface area contributed by atoms with Crippen LogP contribution in [0.15, 0.2) is 36.5 Å². The molecule has 5 heteroatoms. The Morgan fingerprint density at radius 3 is 2.75 bits per heavy atom. The minimum Gasteiger partial charge on any atom is -0.352 e. The molecule has 1 heterocycles. The van der Waals surface area contributed by atoms with Crippen molar-refractivity contribution < 1.29 is 4.79 Å². The molecule has 0 saturated carbocycles. The normalized spacial score (nSPS) is 10.4. The third-order valence-corrected chi connectivity index (χ3v) is 2.58. The van der Waals surface area contributed by atoms with E-state index in [0.29, 0.717) is 11.6 Å². The van der Waals surface area contributed by atoms with Gasteiger partial charge < -0.3 is 10.6 Å². The van der Waals surface area contributed by atoms with Crippen LogP contribution in [0.5, 0.6) is 0 Å². The highest BCUT2D eigenvalue weighted by Crippen LogP contribution is 2.11. The second-order valence-corrected chi connectivity index (χ2v) is 4.89. The molecule has 2 rings (SSSR count). The van der Waals surface area contributed by atoms with Crippen LogP contribution in [0.25, 0.3) is 0 Å². The van der Waals surface area contributed by atoms with E-state index in [9.17, 15) is 4.79 Å².